The summed E-state index contributed by atoms with van der Waals surface area (Å²) in [4.78, 5) is 29.0. The van der Waals surface area contributed by atoms with Gasteiger partial charge >= 0.3 is 0 Å². The molecule has 4 rings (SSSR count). The first-order chi connectivity index (χ1) is 14.9. The Hall–Kier alpha value is -3.51. The van der Waals surface area contributed by atoms with Gasteiger partial charge in [0.25, 0.3) is 11.8 Å². The third kappa shape index (κ3) is 4.49. The summed E-state index contributed by atoms with van der Waals surface area (Å²) in [5, 5.41) is 13.1. The van der Waals surface area contributed by atoms with E-state index in [1.165, 1.54) is 16.7 Å². The van der Waals surface area contributed by atoms with E-state index >= 15 is 0 Å². The number of nitrogens with one attached hydrogen (secondary N) is 1. The fourth-order valence-electron chi connectivity index (χ4n) is 3.22. The molecule has 0 bridgehead atoms. The molecule has 5 nitrogen and oxygen atoms in total. The third-order valence-corrected chi connectivity index (χ3v) is 6.12. The molecular weight excluding hydrogens is 408 g/mol. The second kappa shape index (κ2) is 8.70. The summed E-state index contributed by atoms with van der Waals surface area (Å²) < 4.78 is 0. The summed E-state index contributed by atoms with van der Waals surface area (Å²) in [6.07, 6.45) is 0. The van der Waals surface area contributed by atoms with Gasteiger partial charge in [0.05, 0.1) is 6.54 Å². The van der Waals surface area contributed by atoms with E-state index in [-0.39, 0.29) is 29.8 Å². The van der Waals surface area contributed by atoms with Crippen LogP contribution in [0.4, 0.5) is 5.69 Å². The van der Waals surface area contributed by atoms with Crippen LogP contribution in [0.1, 0.15) is 16.7 Å². The summed E-state index contributed by atoms with van der Waals surface area (Å²) in [5.74, 6) is -0.599. The van der Waals surface area contributed by atoms with Gasteiger partial charge in [0.2, 0.25) is 0 Å². The minimum absolute atomic E-state index is 0.122. The van der Waals surface area contributed by atoms with E-state index in [9.17, 15) is 14.7 Å². The molecule has 0 saturated heterocycles. The Bertz CT molecular complexity index is 1170. The molecule has 31 heavy (non-hydrogen) atoms. The number of phenols is 1. The van der Waals surface area contributed by atoms with Gasteiger partial charge in [-0.25, -0.2) is 0 Å². The highest BCUT2D eigenvalue weighted by Crippen LogP contribution is 2.37. The van der Waals surface area contributed by atoms with Gasteiger partial charge in [-0.05, 0) is 43.2 Å². The van der Waals surface area contributed by atoms with E-state index in [2.05, 4.69) is 5.32 Å². The van der Waals surface area contributed by atoms with Crippen molar-refractivity contribution >= 4 is 29.3 Å². The number of phenolic OH excluding ortho intramolecular Hbond substituents is 1. The summed E-state index contributed by atoms with van der Waals surface area (Å²) >= 11 is 1.26. The number of benzene rings is 3. The molecule has 0 radical (unpaired) electrons. The van der Waals surface area contributed by atoms with Gasteiger partial charge in [0.15, 0.2) is 0 Å². The number of imide groups is 1. The van der Waals surface area contributed by atoms with Crippen LogP contribution >= 0.6 is 11.8 Å². The van der Waals surface area contributed by atoms with Crippen molar-refractivity contribution in [3.05, 3.63) is 100 Å². The van der Waals surface area contributed by atoms with Crippen LogP contribution in [-0.4, -0.2) is 21.8 Å². The Labute approximate surface area is 185 Å². The topological polar surface area (TPSA) is 69.6 Å². The number of aryl methyl sites for hydroxylation is 2. The molecule has 0 aromatic heterocycles. The lowest BCUT2D eigenvalue weighted by atomic mass is 10.2. The molecule has 2 amide bonds. The number of anilines is 1. The van der Waals surface area contributed by atoms with Gasteiger partial charge < -0.3 is 10.4 Å². The van der Waals surface area contributed by atoms with Crippen LogP contribution in [0.15, 0.2) is 88.3 Å². The van der Waals surface area contributed by atoms with Gasteiger partial charge in [-0.3, -0.25) is 14.5 Å². The summed E-state index contributed by atoms with van der Waals surface area (Å²) in [6, 6.07) is 22.3. The summed E-state index contributed by atoms with van der Waals surface area (Å²) in [5.41, 5.74) is 3.48. The van der Waals surface area contributed by atoms with Gasteiger partial charge in [-0.15, -0.1) is 0 Å². The number of thioether (sulfide) groups is 1. The fourth-order valence-corrected chi connectivity index (χ4v) is 4.17. The monoisotopic (exact) mass is 430 g/mol. The maximum absolute atomic E-state index is 13.3. The average Bonchev–Trinajstić information content (AvgIpc) is 2.97. The molecule has 6 heteroatoms. The van der Waals surface area contributed by atoms with Crippen molar-refractivity contribution < 1.29 is 14.7 Å². The maximum Gasteiger partial charge on any atom is 0.278 e. The smallest absolute Gasteiger partial charge is 0.278 e. The molecule has 3 aromatic carbocycles. The highest BCUT2D eigenvalue weighted by molar-refractivity contribution is 8.04. The third-order valence-electron chi connectivity index (χ3n) is 5.03. The lowest BCUT2D eigenvalue weighted by Crippen LogP contribution is -2.31. The SMILES string of the molecule is Cc1ccc(SC2=C(Nc3ccc(C)c(O)c3)C(=O)N(Cc3ccccc3)C2=O)cc1. The Kier molecular flexibility index (Phi) is 5.82. The van der Waals surface area contributed by atoms with Crippen LogP contribution in [0.5, 0.6) is 5.75 Å². The largest absolute Gasteiger partial charge is 0.508 e. The van der Waals surface area contributed by atoms with Crippen molar-refractivity contribution in [2.24, 2.45) is 0 Å². The van der Waals surface area contributed by atoms with Crippen molar-refractivity contribution in [2.45, 2.75) is 25.3 Å². The first-order valence-electron chi connectivity index (χ1n) is 9.88. The van der Waals surface area contributed by atoms with E-state index in [1.54, 1.807) is 25.1 Å². The van der Waals surface area contributed by atoms with Crippen molar-refractivity contribution in [1.82, 2.24) is 4.90 Å². The van der Waals surface area contributed by atoms with Crippen LogP contribution in [0.25, 0.3) is 0 Å². The summed E-state index contributed by atoms with van der Waals surface area (Å²) in [7, 11) is 0. The number of carbonyl (C=O) groups excluding carboxylic acids is 2. The fraction of sp³-hybridized carbons (Fsp3) is 0.120. The molecule has 0 atom stereocenters. The van der Waals surface area contributed by atoms with Crippen LogP contribution in [0.3, 0.4) is 0 Å². The predicted octanol–water partition coefficient (Wildman–Crippen LogP) is 4.99. The van der Waals surface area contributed by atoms with E-state index in [4.69, 9.17) is 0 Å². The second-order valence-electron chi connectivity index (χ2n) is 7.43. The molecular formula is C25H22N2O3S. The quantitative estimate of drug-likeness (QED) is 0.539. The molecule has 3 aromatic rings. The van der Waals surface area contributed by atoms with Crippen LogP contribution in [0.2, 0.25) is 0 Å². The summed E-state index contributed by atoms with van der Waals surface area (Å²) in [6.45, 7) is 3.99. The van der Waals surface area contributed by atoms with Gasteiger partial charge in [-0.1, -0.05) is 65.9 Å². The van der Waals surface area contributed by atoms with Crippen molar-refractivity contribution in [3.8, 4) is 5.75 Å². The zero-order valence-corrected chi connectivity index (χ0v) is 18.1. The zero-order valence-electron chi connectivity index (χ0n) is 17.3. The number of hydrogen-bond acceptors (Lipinski definition) is 5. The van der Waals surface area contributed by atoms with Gasteiger partial charge in [0.1, 0.15) is 16.4 Å². The molecule has 1 aliphatic rings. The molecule has 0 aliphatic carbocycles. The number of nitrogens with zero attached hydrogens (tertiary/aromatic N) is 1. The normalized spacial score (nSPS) is 13.8. The predicted molar refractivity (Wildman–Crippen MR) is 123 cm³/mol. The molecule has 1 aliphatic heterocycles. The minimum atomic E-state index is -0.386. The molecule has 1 heterocycles. The standard InChI is InChI=1S/C25H22N2O3S/c1-16-8-12-20(13-9-16)31-23-22(26-19-11-10-17(2)21(28)14-19)24(29)27(25(23)30)15-18-6-4-3-5-7-18/h3-14,26,28H,15H2,1-2H3. The minimum Gasteiger partial charge on any atom is -0.508 e. The van der Waals surface area contributed by atoms with Gasteiger partial charge in [-0.2, -0.15) is 0 Å². The molecule has 156 valence electrons. The van der Waals surface area contributed by atoms with Crippen LogP contribution in [-0.2, 0) is 16.1 Å². The lowest BCUT2D eigenvalue weighted by Gasteiger charge is -2.15. The van der Waals surface area contributed by atoms with Crippen molar-refractivity contribution in [2.75, 3.05) is 5.32 Å². The second-order valence-corrected chi connectivity index (χ2v) is 8.51. The van der Waals surface area contributed by atoms with Gasteiger partial charge in [0, 0.05) is 16.6 Å². The number of carbonyl (C=O) groups is 2. The molecule has 0 fully saturated rings. The van der Waals surface area contributed by atoms with E-state index in [0.717, 1.165) is 21.6 Å². The van der Waals surface area contributed by atoms with Crippen LogP contribution < -0.4 is 5.32 Å². The number of rotatable bonds is 6. The molecule has 0 spiro atoms. The molecule has 0 unspecified atom stereocenters. The molecule has 2 N–H and O–H groups in total. The Balaban J connectivity index is 1.68. The van der Waals surface area contributed by atoms with Crippen molar-refractivity contribution in [3.63, 3.8) is 0 Å². The number of amides is 2. The highest BCUT2D eigenvalue weighted by Gasteiger charge is 2.39. The highest BCUT2D eigenvalue weighted by atomic mass is 32.2. The first kappa shape index (κ1) is 20.8. The average molecular weight is 431 g/mol. The zero-order chi connectivity index (χ0) is 22.0. The Morgan fingerprint density at radius 1 is 0.903 bits per heavy atom. The lowest BCUT2D eigenvalue weighted by molar-refractivity contribution is -0.137. The van der Waals surface area contributed by atoms with E-state index < -0.39 is 0 Å². The Morgan fingerprint density at radius 3 is 2.29 bits per heavy atom. The Morgan fingerprint density at radius 2 is 1.61 bits per heavy atom. The van der Waals surface area contributed by atoms with E-state index in [0.29, 0.717) is 10.6 Å². The first-order valence-corrected chi connectivity index (χ1v) is 10.7. The molecule has 0 saturated carbocycles. The van der Waals surface area contributed by atoms with Crippen LogP contribution in [0, 0.1) is 13.8 Å². The number of aromatic hydroxyl groups is 1. The number of hydrogen-bond donors (Lipinski definition) is 2. The maximum atomic E-state index is 13.3. The van der Waals surface area contributed by atoms with Crippen molar-refractivity contribution in [1.29, 1.82) is 0 Å². The van der Waals surface area contributed by atoms with E-state index in [1.807, 2.05) is 61.5 Å².